The first-order chi connectivity index (χ1) is 15.2. The fraction of sp³-hybridized carbons (Fsp3) is 0.259. The van der Waals surface area contributed by atoms with Crippen LogP contribution < -0.4 is 10.2 Å². The van der Waals surface area contributed by atoms with Crippen LogP contribution in [0.5, 0.6) is 0 Å². The van der Waals surface area contributed by atoms with Crippen molar-refractivity contribution in [2.75, 3.05) is 16.0 Å². The Labute approximate surface area is 194 Å². The molecule has 0 spiro atoms. The molecule has 1 atom stereocenters. The second-order valence-corrected chi connectivity index (χ2v) is 10.2. The zero-order chi connectivity index (χ0) is 22.9. The molecule has 1 aliphatic heterocycles. The molecule has 5 heteroatoms. The highest BCUT2D eigenvalue weighted by atomic mass is 32.2. The van der Waals surface area contributed by atoms with E-state index in [0.29, 0.717) is 11.3 Å². The van der Waals surface area contributed by atoms with Gasteiger partial charge in [0.1, 0.15) is 5.37 Å². The Bertz CT molecular complexity index is 1110. The number of hydrogen-bond donors (Lipinski definition) is 1. The number of amides is 2. The number of carbonyl (C=O) groups excluding carboxylic acids is 2. The van der Waals surface area contributed by atoms with E-state index in [4.69, 9.17) is 0 Å². The summed E-state index contributed by atoms with van der Waals surface area (Å²) in [5.41, 5.74) is 5.72. The largest absolute Gasteiger partial charge is 0.322 e. The molecule has 1 heterocycles. The van der Waals surface area contributed by atoms with E-state index in [9.17, 15) is 9.59 Å². The van der Waals surface area contributed by atoms with Crippen LogP contribution in [0.25, 0.3) is 0 Å². The molecule has 0 aromatic heterocycles. The molecule has 1 N–H and O–H groups in total. The SMILES string of the molecule is Cc1ccc(N2C(=O)CS[C@@H]2c2ccc(NC(=O)c3ccc(C(C)(C)C)cc3)cc2)cc1. The lowest BCUT2D eigenvalue weighted by atomic mass is 9.87. The summed E-state index contributed by atoms with van der Waals surface area (Å²) in [6.45, 7) is 8.49. The molecule has 0 unspecified atom stereocenters. The lowest BCUT2D eigenvalue weighted by Gasteiger charge is -2.24. The summed E-state index contributed by atoms with van der Waals surface area (Å²) < 4.78 is 0. The van der Waals surface area contributed by atoms with Gasteiger partial charge in [0.05, 0.1) is 5.75 Å². The van der Waals surface area contributed by atoms with Crippen LogP contribution in [0.2, 0.25) is 0 Å². The Morgan fingerprint density at radius 3 is 2.16 bits per heavy atom. The molecule has 0 saturated carbocycles. The molecular formula is C27H28N2O2S. The van der Waals surface area contributed by atoms with Crippen molar-refractivity contribution in [3.8, 4) is 0 Å². The van der Waals surface area contributed by atoms with Gasteiger partial charge in [-0.05, 0) is 59.9 Å². The summed E-state index contributed by atoms with van der Waals surface area (Å²) in [5.74, 6) is 0.437. The normalized spacial score (nSPS) is 16.3. The summed E-state index contributed by atoms with van der Waals surface area (Å²) in [6, 6.07) is 23.5. The minimum absolute atomic E-state index is 0.0525. The van der Waals surface area contributed by atoms with Gasteiger partial charge < -0.3 is 5.32 Å². The van der Waals surface area contributed by atoms with Crippen molar-refractivity contribution >= 4 is 35.0 Å². The topological polar surface area (TPSA) is 49.4 Å². The number of nitrogens with one attached hydrogen (secondary N) is 1. The minimum atomic E-state index is -0.134. The molecule has 4 nitrogen and oxygen atoms in total. The second kappa shape index (κ2) is 8.83. The lowest BCUT2D eigenvalue weighted by Crippen LogP contribution is -2.27. The van der Waals surface area contributed by atoms with Crippen molar-refractivity contribution in [3.63, 3.8) is 0 Å². The van der Waals surface area contributed by atoms with Crippen molar-refractivity contribution in [3.05, 3.63) is 95.1 Å². The number of rotatable bonds is 4. The van der Waals surface area contributed by atoms with Gasteiger partial charge in [0.25, 0.3) is 5.91 Å². The van der Waals surface area contributed by atoms with Gasteiger partial charge in [-0.15, -0.1) is 11.8 Å². The van der Waals surface area contributed by atoms with Crippen molar-refractivity contribution in [2.45, 2.75) is 38.5 Å². The standard InChI is InChI=1S/C27H28N2O2S/c1-18-5-15-23(16-6-18)29-24(30)17-32-26(29)20-9-13-22(14-10-20)28-25(31)19-7-11-21(12-8-19)27(2,3)4/h5-16,26H,17H2,1-4H3,(H,28,31)/t26-/m1/s1. The van der Waals surface area contributed by atoms with Gasteiger partial charge in [-0.3, -0.25) is 14.5 Å². The fourth-order valence-electron chi connectivity index (χ4n) is 3.71. The monoisotopic (exact) mass is 444 g/mol. The number of carbonyl (C=O) groups is 2. The van der Waals surface area contributed by atoms with Crippen LogP contribution in [-0.4, -0.2) is 17.6 Å². The Morgan fingerprint density at radius 2 is 1.56 bits per heavy atom. The third-order valence-electron chi connectivity index (χ3n) is 5.65. The predicted molar refractivity (Wildman–Crippen MR) is 133 cm³/mol. The Hall–Kier alpha value is -3.05. The van der Waals surface area contributed by atoms with Crippen LogP contribution >= 0.6 is 11.8 Å². The molecule has 164 valence electrons. The van der Waals surface area contributed by atoms with Gasteiger partial charge in [-0.25, -0.2) is 0 Å². The highest BCUT2D eigenvalue weighted by molar-refractivity contribution is 8.00. The maximum Gasteiger partial charge on any atom is 0.255 e. The molecule has 1 fully saturated rings. The van der Waals surface area contributed by atoms with Crippen molar-refractivity contribution in [1.82, 2.24) is 0 Å². The molecule has 0 radical (unpaired) electrons. The highest BCUT2D eigenvalue weighted by Crippen LogP contribution is 2.42. The van der Waals surface area contributed by atoms with E-state index in [1.54, 1.807) is 11.8 Å². The van der Waals surface area contributed by atoms with E-state index >= 15 is 0 Å². The summed E-state index contributed by atoms with van der Waals surface area (Å²) in [6.07, 6.45) is 0. The second-order valence-electron chi connectivity index (χ2n) is 9.17. The smallest absolute Gasteiger partial charge is 0.255 e. The third kappa shape index (κ3) is 4.73. The quantitative estimate of drug-likeness (QED) is 0.512. The van der Waals surface area contributed by atoms with E-state index in [1.807, 2.05) is 84.6 Å². The average molecular weight is 445 g/mol. The van der Waals surface area contributed by atoms with Crippen LogP contribution in [0, 0.1) is 6.92 Å². The number of anilines is 2. The number of hydrogen-bond acceptors (Lipinski definition) is 3. The van der Waals surface area contributed by atoms with Gasteiger partial charge in [0.2, 0.25) is 5.91 Å². The van der Waals surface area contributed by atoms with Gasteiger partial charge in [0, 0.05) is 16.9 Å². The molecule has 1 aliphatic rings. The molecule has 0 aliphatic carbocycles. The van der Waals surface area contributed by atoms with Gasteiger partial charge in [-0.2, -0.15) is 0 Å². The maximum atomic E-state index is 12.7. The van der Waals surface area contributed by atoms with Crippen LogP contribution in [0.4, 0.5) is 11.4 Å². The highest BCUT2D eigenvalue weighted by Gasteiger charge is 2.33. The predicted octanol–water partition coefficient (Wildman–Crippen LogP) is 6.32. The van der Waals surface area contributed by atoms with Gasteiger partial charge in [-0.1, -0.05) is 62.7 Å². The summed E-state index contributed by atoms with van der Waals surface area (Å²) >= 11 is 1.62. The summed E-state index contributed by atoms with van der Waals surface area (Å²) in [7, 11) is 0. The maximum absolute atomic E-state index is 12.7. The third-order valence-corrected chi connectivity index (χ3v) is 6.86. The molecule has 2 amide bonds. The zero-order valence-electron chi connectivity index (χ0n) is 18.9. The minimum Gasteiger partial charge on any atom is -0.322 e. The van der Waals surface area contributed by atoms with Gasteiger partial charge >= 0.3 is 0 Å². The number of benzene rings is 3. The van der Waals surface area contributed by atoms with E-state index in [2.05, 4.69) is 26.1 Å². The average Bonchev–Trinajstić information content (AvgIpc) is 3.15. The van der Waals surface area contributed by atoms with Crippen LogP contribution in [0.3, 0.4) is 0 Å². The van der Waals surface area contributed by atoms with E-state index in [-0.39, 0.29) is 22.6 Å². The van der Waals surface area contributed by atoms with E-state index < -0.39 is 0 Å². The van der Waals surface area contributed by atoms with Crippen LogP contribution in [0.15, 0.2) is 72.8 Å². The Morgan fingerprint density at radius 1 is 0.938 bits per heavy atom. The molecule has 3 aromatic carbocycles. The number of thioether (sulfide) groups is 1. The first kappa shape index (κ1) is 22.2. The number of aryl methyl sites for hydroxylation is 1. The Balaban J connectivity index is 1.47. The van der Waals surface area contributed by atoms with E-state index in [0.717, 1.165) is 22.5 Å². The summed E-state index contributed by atoms with van der Waals surface area (Å²) in [5, 5.41) is 2.90. The zero-order valence-corrected chi connectivity index (χ0v) is 19.7. The summed E-state index contributed by atoms with van der Waals surface area (Å²) in [4.78, 5) is 27.1. The molecule has 1 saturated heterocycles. The first-order valence-corrected chi connectivity index (χ1v) is 11.8. The number of nitrogens with zero attached hydrogens (tertiary/aromatic N) is 1. The van der Waals surface area contributed by atoms with Crippen molar-refractivity contribution in [2.24, 2.45) is 0 Å². The first-order valence-electron chi connectivity index (χ1n) is 10.7. The van der Waals surface area contributed by atoms with Crippen LogP contribution in [-0.2, 0) is 10.2 Å². The van der Waals surface area contributed by atoms with Crippen molar-refractivity contribution < 1.29 is 9.59 Å². The molecule has 32 heavy (non-hydrogen) atoms. The van der Waals surface area contributed by atoms with Crippen LogP contribution in [0.1, 0.15) is 53.2 Å². The van der Waals surface area contributed by atoms with E-state index in [1.165, 1.54) is 5.56 Å². The fourth-order valence-corrected chi connectivity index (χ4v) is 4.89. The molecule has 4 rings (SSSR count). The van der Waals surface area contributed by atoms with Crippen molar-refractivity contribution in [1.29, 1.82) is 0 Å². The molecule has 3 aromatic rings. The van der Waals surface area contributed by atoms with Gasteiger partial charge in [0.15, 0.2) is 0 Å². The molecule has 0 bridgehead atoms. The lowest BCUT2D eigenvalue weighted by molar-refractivity contribution is -0.115. The molecular weight excluding hydrogens is 416 g/mol. The Kier molecular flexibility index (Phi) is 6.11.